The van der Waals surface area contributed by atoms with E-state index in [1.165, 1.54) is 12.3 Å². The topological polar surface area (TPSA) is 50.4 Å². The third-order valence-electron chi connectivity index (χ3n) is 3.64. The lowest BCUT2D eigenvalue weighted by molar-refractivity contribution is -0.137. The number of carbonyl (C=O) groups is 1. The van der Waals surface area contributed by atoms with Gasteiger partial charge in [-0.25, -0.2) is 8.78 Å². The molecule has 0 saturated heterocycles. The molecule has 2 aromatic rings. The van der Waals surface area contributed by atoms with E-state index in [0.717, 1.165) is 18.9 Å². The minimum atomic E-state index is -1.04. The summed E-state index contributed by atoms with van der Waals surface area (Å²) in [5.74, 6) is -3.00. The van der Waals surface area contributed by atoms with Gasteiger partial charge in [-0.05, 0) is 24.8 Å². The third kappa shape index (κ3) is 2.09. The molecule has 1 unspecified atom stereocenters. The lowest BCUT2D eigenvalue weighted by atomic mass is 9.89. The Morgan fingerprint density at radius 2 is 2.21 bits per heavy atom. The lowest BCUT2D eigenvalue weighted by Gasteiger charge is -2.16. The average Bonchev–Trinajstić information content (AvgIpc) is 3.07. The van der Waals surface area contributed by atoms with Crippen LogP contribution in [0.3, 0.4) is 0 Å². The first-order valence-corrected chi connectivity index (χ1v) is 6.15. The quantitative estimate of drug-likeness (QED) is 0.918. The predicted molar refractivity (Wildman–Crippen MR) is 63.8 cm³/mol. The minimum Gasteiger partial charge on any atom is -0.481 e. The second kappa shape index (κ2) is 4.33. The number of rotatable bonds is 4. The molecule has 1 N–H and O–H groups in total. The van der Waals surface area contributed by atoms with Crippen LogP contribution in [0.1, 0.15) is 30.7 Å². The molecule has 5 heteroatoms. The molecule has 0 radical (unpaired) electrons. The highest BCUT2D eigenvalue weighted by molar-refractivity contribution is 5.79. The van der Waals surface area contributed by atoms with E-state index in [4.69, 9.17) is 9.52 Å². The molecule has 1 aliphatic carbocycles. The van der Waals surface area contributed by atoms with Gasteiger partial charge in [0.05, 0.1) is 18.1 Å². The largest absolute Gasteiger partial charge is 0.481 e. The van der Waals surface area contributed by atoms with E-state index in [1.54, 1.807) is 0 Å². The summed E-state index contributed by atoms with van der Waals surface area (Å²) in [5, 5.41) is 9.11. The van der Waals surface area contributed by atoms with Crippen molar-refractivity contribution in [1.29, 1.82) is 0 Å². The zero-order chi connectivity index (χ0) is 13.6. The number of carboxylic acid groups (broad SMARTS) is 1. The number of fused-ring (bicyclic) bond motifs is 1. The van der Waals surface area contributed by atoms with Gasteiger partial charge in [-0.2, -0.15) is 0 Å². The van der Waals surface area contributed by atoms with Crippen LogP contribution in [-0.4, -0.2) is 11.1 Å². The first-order chi connectivity index (χ1) is 9.08. The second-order valence-corrected chi connectivity index (χ2v) is 4.96. The molecule has 3 rings (SSSR count). The Kier molecular flexibility index (Phi) is 2.77. The number of furan rings is 1. The van der Waals surface area contributed by atoms with Crippen LogP contribution in [0.15, 0.2) is 22.8 Å². The van der Waals surface area contributed by atoms with Crippen molar-refractivity contribution < 1.29 is 23.1 Å². The van der Waals surface area contributed by atoms with Crippen LogP contribution < -0.4 is 0 Å². The Bertz CT molecular complexity index is 643. The van der Waals surface area contributed by atoms with E-state index < -0.39 is 23.5 Å². The summed E-state index contributed by atoms with van der Waals surface area (Å²) in [5.41, 5.74) is 0.0300. The summed E-state index contributed by atoms with van der Waals surface area (Å²) >= 11 is 0. The van der Waals surface area contributed by atoms with Crippen molar-refractivity contribution >= 4 is 16.9 Å². The monoisotopic (exact) mass is 266 g/mol. The van der Waals surface area contributed by atoms with Crippen molar-refractivity contribution in [1.82, 2.24) is 0 Å². The highest BCUT2D eigenvalue weighted by atomic mass is 19.1. The van der Waals surface area contributed by atoms with Gasteiger partial charge >= 0.3 is 5.97 Å². The molecular weight excluding hydrogens is 254 g/mol. The standard InChI is InChI=1S/C14H12F2O3/c15-10-6-11-8(3-4-19-11)14(16)13(10)9(5-12(17)18)7-1-2-7/h3-4,6-7,9H,1-2,5H2,(H,17,18). The van der Waals surface area contributed by atoms with Crippen molar-refractivity contribution in [2.24, 2.45) is 5.92 Å². The highest BCUT2D eigenvalue weighted by Crippen LogP contribution is 2.46. The molecule has 1 fully saturated rings. The Morgan fingerprint density at radius 3 is 2.84 bits per heavy atom. The Morgan fingerprint density at radius 1 is 1.47 bits per heavy atom. The van der Waals surface area contributed by atoms with E-state index >= 15 is 0 Å². The number of benzene rings is 1. The van der Waals surface area contributed by atoms with E-state index in [9.17, 15) is 13.6 Å². The molecule has 1 aromatic carbocycles. The maximum Gasteiger partial charge on any atom is 0.303 e. The number of hydrogen-bond acceptors (Lipinski definition) is 2. The van der Waals surface area contributed by atoms with Crippen LogP contribution in [0.4, 0.5) is 8.78 Å². The van der Waals surface area contributed by atoms with Gasteiger partial charge in [0.1, 0.15) is 17.2 Å². The molecule has 0 bridgehead atoms. The van der Waals surface area contributed by atoms with Gasteiger partial charge in [-0.15, -0.1) is 0 Å². The van der Waals surface area contributed by atoms with E-state index in [-0.39, 0.29) is 28.9 Å². The predicted octanol–water partition coefficient (Wildman–Crippen LogP) is 3.68. The van der Waals surface area contributed by atoms with E-state index in [0.29, 0.717) is 0 Å². The molecule has 1 aromatic heterocycles. The number of hydrogen-bond donors (Lipinski definition) is 1. The molecule has 1 saturated carbocycles. The Labute approximate surface area is 107 Å². The first-order valence-electron chi connectivity index (χ1n) is 6.15. The minimum absolute atomic E-state index is 0.0597. The number of aliphatic carboxylic acids is 1. The molecule has 1 aliphatic rings. The summed E-state index contributed by atoms with van der Waals surface area (Å²) in [4.78, 5) is 10.9. The maximum atomic E-state index is 14.4. The number of carboxylic acids is 1. The summed E-state index contributed by atoms with van der Waals surface area (Å²) in [6.45, 7) is 0. The fraction of sp³-hybridized carbons (Fsp3) is 0.357. The van der Waals surface area contributed by atoms with Crippen LogP contribution in [-0.2, 0) is 4.79 Å². The van der Waals surface area contributed by atoms with Gasteiger partial charge in [-0.3, -0.25) is 4.79 Å². The zero-order valence-corrected chi connectivity index (χ0v) is 10.0. The van der Waals surface area contributed by atoms with Gasteiger partial charge in [0.15, 0.2) is 0 Å². The Balaban J connectivity index is 2.13. The van der Waals surface area contributed by atoms with Crippen LogP contribution in [0.2, 0.25) is 0 Å². The smallest absolute Gasteiger partial charge is 0.303 e. The fourth-order valence-corrected chi connectivity index (χ4v) is 2.59. The highest BCUT2D eigenvalue weighted by Gasteiger charge is 2.37. The summed E-state index contributed by atoms with van der Waals surface area (Å²) in [7, 11) is 0. The summed E-state index contributed by atoms with van der Waals surface area (Å²) < 4.78 is 33.4. The van der Waals surface area contributed by atoms with Crippen LogP contribution >= 0.6 is 0 Å². The van der Waals surface area contributed by atoms with E-state index in [1.807, 2.05) is 0 Å². The SMILES string of the molecule is O=C(O)CC(c1c(F)cc2occc2c1F)C1CC1. The number of halogens is 2. The van der Waals surface area contributed by atoms with Gasteiger partial charge in [-0.1, -0.05) is 0 Å². The molecular formula is C14H12F2O3. The molecule has 19 heavy (non-hydrogen) atoms. The van der Waals surface area contributed by atoms with Gasteiger partial charge in [0, 0.05) is 17.5 Å². The van der Waals surface area contributed by atoms with Gasteiger partial charge < -0.3 is 9.52 Å². The molecule has 0 spiro atoms. The van der Waals surface area contributed by atoms with Crippen molar-refractivity contribution in [3.63, 3.8) is 0 Å². The van der Waals surface area contributed by atoms with Crippen molar-refractivity contribution in [2.45, 2.75) is 25.2 Å². The fourth-order valence-electron chi connectivity index (χ4n) is 2.59. The molecule has 0 amide bonds. The summed E-state index contributed by atoms with van der Waals surface area (Å²) in [6, 6.07) is 2.56. The zero-order valence-electron chi connectivity index (χ0n) is 10.0. The average molecular weight is 266 g/mol. The van der Waals surface area contributed by atoms with Crippen LogP contribution in [0.5, 0.6) is 0 Å². The Hall–Kier alpha value is -1.91. The van der Waals surface area contributed by atoms with E-state index in [2.05, 4.69) is 0 Å². The molecule has 0 aliphatic heterocycles. The molecule has 3 nitrogen and oxygen atoms in total. The molecule has 100 valence electrons. The first kappa shape index (κ1) is 12.1. The third-order valence-corrected chi connectivity index (χ3v) is 3.64. The van der Waals surface area contributed by atoms with Crippen molar-refractivity contribution in [2.75, 3.05) is 0 Å². The van der Waals surface area contributed by atoms with Gasteiger partial charge in [0.25, 0.3) is 0 Å². The second-order valence-electron chi connectivity index (χ2n) is 4.96. The molecule has 1 heterocycles. The van der Waals surface area contributed by atoms with Gasteiger partial charge in [0.2, 0.25) is 0 Å². The van der Waals surface area contributed by atoms with Crippen molar-refractivity contribution in [3.8, 4) is 0 Å². The van der Waals surface area contributed by atoms with Crippen LogP contribution in [0.25, 0.3) is 11.0 Å². The lowest BCUT2D eigenvalue weighted by Crippen LogP contribution is -2.12. The molecule has 1 atom stereocenters. The summed E-state index contributed by atoms with van der Waals surface area (Å²) in [6.07, 6.45) is 2.68. The van der Waals surface area contributed by atoms with Crippen molar-refractivity contribution in [3.05, 3.63) is 35.6 Å². The maximum absolute atomic E-state index is 14.4. The normalized spacial score (nSPS) is 16.7. The van der Waals surface area contributed by atoms with Crippen LogP contribution in [0, 0.1) is 17.6 Å².